The number of urea groups is 1. The first-order valence-electron chi connectivity index (χ1n) is 4.67. The molecule has 3 N–H and O–H groups in total. The number of benzene rings is 1. The molecule has 1 aromatic carbocycles. The third-order valence-electron chi connectivity index (χ3n) is 1.74. The molecule has 15 heavy (non-hydrogen) atoms. The van der Waals surface area contributed by atoms with Gasteiger partial charge in [0.15, 0.2) is 0 Å². The monoisotopic (exact) mass is 228 g/mol. The van der Waals surface area contributed by atoms with E-state index in [2.05, 4.69) is 10.6 Å². The molecule has 0 aliphatic carbocycles. The molecule has 0 saturated carbocycles. The molecule has 2 amide bonds. The van der Waals surface area contributed by atoms with Gasteiger partial charge in [0.05, 0.1) is 5.02 Å². The molecule has 82 valence electrons. The van der Waals surface area contributed by atoms with Crippen molar-refractivity contribution in [1.82, 2.24) is 5.32 Å². The quantitative estimate of drug-likeness (QED) is 0.697. The van der Waals surface area contributed by atoms with Crippen LogP contribution in [0.5, 0.6) is 5.75 Å². The number of hydrogen-bond acceptors (Lipinski definition) is 2. The molecule has 0 saturated heterocycles. The topological polar surface area (TPSA) is 61.4 Å². The second kappa shape index (κ2) is 5.46. The van der Waals surface area contributed by atoms with Gasteiger partial charge in [-0.2, -0.15) is 0 Å². The zero-order valence-corrected chi connectivity index (χ0v) is 9.14. The van der Waals surface area contributed by atoms with Crippen LogP contribution in [-0.4, -0.2) is 17.7 Å². The van der Waals surface area contributed by atoms with Crippen LogP contribution in [0.2, 0.25) is 5.02 Å². The molecule has 4 nitrogen and oxygen atoms in total. The molecular formula is C10H13ClN2O2. The summed E-state index contributed by atoms with van der Waals surface area (Å²) in [6.45, 7) is 2.59. The molecule has 0 radical (unpaired) electrons. The second-order valence-corrected chi connectivity index (χ2v) is 3.45. The van der Waals surface area contributed by atoms with Gasteiger partial charge in [0.2, 0.25) is 0 Å². The molecule has 0 aliphatic rings. The van der Waals surface area contributed by atoms with Crippen LogP contribution in [0.15, 0.2) is 18.2 Å². The summed E-state index contributed by atoms with van der Waals surface area (Å²) in [6.07, 6.45) is 0.879. The van der Waals surface area contributed by atoms with E-state index < -0.39 is 0 Å². The van der Waals surface area contributed by atoms with Crippen molar-refractivity contribution in [3.05, 3.63) is 23.2 Å². The number of amides is 2. The summed E-state index contributed by atoms with van der Waals surface area (Å²) in [5.74, 6) is -0.00353. The van der Waals surface area contributed by atoms with Gasteiger partial charge >= 0.3 is 6.03 Å². The van der Waals surface area contributed by atoms with E-state index in [4.69, 9.17) is 16.7 Å². The average Bonchev–Trinajstić information content (AvgIpc) is 2.20. The summed E-state index contributed by atoms with van der Waals surface area (Å²) in [6, 6.07) is 4.21. The Kier molecular flexibility index (Phi) is 4.24. The lowest BCUT2D eigenvalue weighted by Gasteiger charge is -2.07. The smallest absolute Gasteiger partial charge is 0.319 e. The summed E-state index contributed by atoms with van der Waals surface area (Å²) >= 11 is 5.68. The molecule has 0 unspecified atom stereocenters. The molecule has 0 bridgehead atoms. The van der Waals surface area contributed by atoms with Crippen molar-refractivity contribution in [3.63, 3.8) is 0 Å². The van der Waals surface area contributed by atoms with Gasteiger partial charge in [0, 0.05) is 12.2 Å². The summed E-state index contributed by atoms with van der Waals surface area (Å²) in [5, 5.41) is 14.6. The van der Waals surface area contributed by atoms with Gasteiger partial charge in [-0.3, -0.25) is 0 Å². The molecule has 0 fully saturated rings. The van der Waals surface area contributed by atoms with E-state index in [-0.39, 0.29) is 16.8 Å². The first-order chi connectivity index (χ1) is 7.13. The predicted molar refractivity (Wildman–Crippen MR) is 60.4 cm³/mol. The minimum absolute atomic E-state index is 0.00353. The average molecular weight is 229 g/mol. The van der Waals surface area contributed by atoms with Crippen molar-refractivity contribution >= 4 is 23.3 Å². The van der Waals surface area contributed by atoms with Gasteiger partial charge in [0.1, 0.15) is 5.75 Å². The number of carbonyl (C=O) groups excluding carboxylic acids is 1. The van der Waals surface area contributed by atoms with E-state index >= 15 is 0 Å². The SMILES string of the molecule is CCCNC(=O)Nc1ccc(O)c(Cl)c1. The highest BCUT2D eigenvalue weighted by molar-refractivity contribution is 6.32. The Hall–Kier alpha value is -1.42. The first kappa shape index (κ1) is 11.7. The van der Waals surface area contributed by atoms with Crippen molar-refractivity contribution in [2.24, 2.45) is 0 Å². The number of carbonyl (C=O) groups is 1. The lowest BCUT2D eigenvalue weighted by molar-refractivity contribution is 0.252. The number of anilines is 1. The number of halogens is 1. The van der Waals surface area contributed by atoms with E-state index in [0.29, 0.717) is 12.2 Å². The standard InChI is InChI=1S/C10H13ClN2O2/c1-2-5-12-10(15)13-7-3-4-9(14)8(11)6-7/h3-4,6,14H,2,5H2,1H3,(H2,12,13,15). The van der Waals surface area contributed by atoms with Gasteiger partial charge in [-0.15, -0.1) is 0 Å². The van der Waals surface area contributed by atoms with Crippen LogP contribution < -0.4 is 10.6 Å². The summed E-state index contributed by atoms with van der Waals surface area (Å²) < 4.78 is 0. The second-order valence-electron chi connectivity index (χ2n) is 3.05. The predicted octanol–water partition coefficient (Wildman–Crippen LogP) is 2.58. The summed E-state index contributed by atoms with van der Waals surface area (Å²) in [5.41, 5.74) is 0.548. The normalized spacial score (nSPS) is 9.73. The highest BCUT2D eigenvalue weighted by Crippen LogP contribution is 2.25. The molecule has 1 rings (SSSR count). The Morgan fingerprint density at radius 3 is 2.87 bits per heavy atom. The third-order valence-corrected chi connectivity index (χ3v) is 2.04. The molecule has 0 heterocycles. The minimum Gasteiger partial charge on any atom is -0.506 e. The van der Waals surface area contributed by atoms with Crippen molar-refractivity contribution in [3.8, 4) is 5.75 Å². The maximum Gasteiger partial charge on any atom is 0.319 e. The fraction of sp³-hybridized carbons (Fsp3) is 0.300. The van der Waals surface area contributed by atoms with Crippen LogP contribution in [0, 0.1) is 0 Å². The summed E-state index contributed by atoms with van der Waals surface area (Å²) in [4.78, 5) is 11.2. The van der Waals surface area contributed by atoms with Crippen molar-refractivity contribution in [2.75, 3.05) is 11.9 Å². The van der Waals surface area contributed by atoms with E-state index in [9.17, 15) is 4.79 Å². The van der Waals surface area contributed by atoms with Gasteiger partial charge in [-0.1, -0.05) is 18.5 Å². The fourth-order valence-electron chi connectivity index (χ4n) is 0.998. The molecule has 0 aromatic heterocycles. The molecule has 1 aromatic rings. The summed E-state index contributed by atoms with van der Waals surface area (Å²) in [7, 11) is 0. The maximum atomic E-state index is 11.2. The number of phenols is 1. The molecule has 0 aliphatic heterocycles. The Labute approximate surface area is 93.2 Å². The largest absolute Gasteiger partial charge is 0.506 e. The highest BCUT2D eigenvalue weighted by atomic mass is 35.5. The fourth-order valence-corrected chi connectivity index (χ4v) is 1.18. The van der Waals surface area contributed by atoms with E-state index in [1.165, 1.54) is 12.1 Å². The van der Waals surface area contributed by atoms with Crippen LogP contribution >= 0.6 is 11.6 Å². The van der Waals surface area contributed by atoms with Crippen LogP contribution in [0.4, 0.5) is 10.5 Å². The van der Waals surface area contributed by atoms with Gasteiger partial charge < -0.3 is 15.7 Å². The zero-order chi connectivity index (χ0) is 11.3. The van der Waals surface area contributed by atoms with Gasteiger partial charge in [-0.25, -0.2) is 4.79 Å². The van der Waals surface area contributed by atoms with Crippen molar-refractivity contribution in [2.45, 2.75) is 13.3 Å². The number of nitrogens with one attached hydrogen (secondary N) is 2. The molecule has 0 spiro atoms. The Morgan fingerprint density at radius 1 is 1.53 bits per heavy atom. The Balaban J connectivity index is 2.57. The van der Waals surface area contributed by atoms with E-state index in [0.717, 1.165) is 6.42 Å². The third kappa shape index (κ3) is 3.67. The van der Waals surface area contributed by atoms with Crippen LogP contribution in [0.25, 0.3) is 0 Å². The minimum atomic E-state index is -0.279. The van der Waals surface area contributed by atoms with Gasteiger partial charge in [-0.05, 0) is 24.6 Å². The number of hydrogen-bond donors (Lipinski definition) is 3. The zero-order valence-electron chi connectivity index (χ0n) is 8.38. The number of aromatic hydroxyl groups is 1. The number of rotatable bonds is 3. The van der Waals surface area contributed by atoms with Gasteiger partial charge in [0.25, 0.3) is 0 Å². The van der Waals surface area contributed by atoms with Crippen LogP contribution in [0.3, 0.4) is 0 Å². The van der Waals surface area contributed by atoms with E-state index in [1.54, 1.807) is 6.07 Å². The number of phenolic OH excluding ortho intramolecular Hbond substituents is 1. The van der Waals surface area contributed by atoms with Crippen LogP contribution in [0.1, 0.15) is 13.3 Å². The highest BCUT2D eigenvalue weighted by Gasteiger charge is 2.03. The van der Waals surface area contributed by atoms with Crippen molar-refractivity contribution < 1.29 is 9.90 Å². The Bertz CT molecular complexity index is 355. The molecular weight excluding hydrogens is 216 g/mol. The Morgan fingerprint density at radius 2 is 2.27 bits per heavy atom. The van der Waals surface area contributed by atoms with Crippen molar-refractivity contribution in [1.29, 1.82) is 0 Å². The first-order valence-corrected chi connectivity index (χ1v) is 5.04. The molecule has 0 atom stereocenters. The van der Waals surface area contributed by atoms with Crippen LogP contribution in [-0.2, 0) is 0 Å². The lowest BCUT2D eigenvalue weighted by Crippen LogP contribution is -2.29. The molecule has 5 heteroatoms. The maximum absolute atomic E-state index is 11.2. The lowest BCUT2D eigenvalue weighted by atomic mass is 10.3. The van der Waals surface area contributed by atoms with E-state index in [1.807, 2.05) is 6.92 Å².